The zero-order valence-electron chi connectivity index (χ0n) is 11.3. The van der Waals surface area contributed by atoms with E-state index in [1.165, 1.54) is 9.75 Å². The summed E-state index contributed by atoms with van der Waals surface area (Å²) in [4.78, 5) is 2.50. The molecule has 1 N–H and O–H groups in total. The van der Waals surface area contributed by atoms with Crippen molar-refractivity contribution in [3.63, 3.8) is 0 Å². The van der Waals surface area contributed by atoms with Gasteiger partial charge in [-0.3, -0.25) is 0 Å². The molecule has 0 spiro atoms. The average molecular weight is 342 g/mol. The molecule has 0 amide bonds. The summed E-state index contributed by atoms with van der Waals surface area (Å²) >= 11 is 5.02. The number of rotatable bonds is 4. The molecule has 0 aliphatic carbocycles. The first-order chi connectivity index (χ1) is 9.06. The van der Waals surface area contributed by atoms with E-state index in [4.69, 9.17) is 0 Å². The smallest absolute Gasteiger partial charge is 0.137 e. The van der Waals surface area contributed by atoms with Gasteiger partial charge in [-0.1, -0.05) is 6.92 Å². The first kappa shape index (κ1) is 14.7. The van der Waals surface area contributed by atoms with Crippen LogP contribution >= 0.6 is 27.3 Å². The molecule has 0 bridgehead atoms. The van der Waals surface area contributed by atoms with Crippen molar-refractivity contribution < 1.29 is 4.39 Å². The van der Waals surface area contributed by atoms with E-state index in [0.29, 0.717) is 10.5 Å². The minimum absolute atomic E-state index is 0.209. The van der Waals surface area contributed by atoms with Crippen LogP contribution in [-0.4, -0.2) is 7.05 Å². The zero-order chi connectivity index (χ0) is 14.0. The van der Waals surface area contributed by atoms with Crippen molar-refractivity contribution in [2.24, 2.45) is 0 Å². The molecule has 1 nitrogen and oxygen atoms in total. The number of hydrogen-bond acceptors (Lipinski definition) is 2. The summed E-state index contributed by atoms with van der Waals surface area (Å²) in [5, 5.41) is 3.31. The van der Waals surface area contributed by atoms with Gasteiger partial charge >= 0.3 is 0 Å². The van der Waals surface area contributed by atoms with Gasteiger partial charge in [0.1, 0.15) is 5.82 Å². The molecule has 2 aromatic rings. The molecule has 0 radical (unpaired) electrons. The summed E-state index contributed by atoms with van der Waals surface area (Å²) in [5.41, 5.74) is 2.06. The van der Waals surface area contributed by atoms with Gasteiger partial charge in [0.05, 0.1) is 4.47 Å². The van der Waals surface area contributed by atoms with E-state index in [9.17, 15) is 4.39 Å². The van der Waals surface area contributed by atoms with Gasteiger partial charge < -0.3 is 5.32 Å². The predicted molar refractivity (Wildman–Crippen MR) is 84.2 cm³/mol. The Bertz CT molecular complexity index is 576. The van der Waals surface area contributed by atoms with Crippen LogP contribution in [0.4, 0.5) is 4.39 Å². The quantitative estimate of drug-likeness (QED) is 0.795. The number of aryl methyl sites for hydroxylation is 1. The van der Waals surface area contributed by atoms with Crippen LogP contribution in [0.25, 0.3) is 10.4 Å². The fourth-order valence-electron chi connectivity index (χ4n) is 2.14. The number of benzene rings is 1. The summed E-state index contributed by atoms with van der Waals surface area (Å²) in [6, 6.07) is 8.10. The second kappa shape index (κ2) is 6.16. The van der Waals surface area contributed by atoms with E-state index < -0.39 is 0 Å². The summed E-state index contributed by atoms with van der Waals surface area (Å²) in [7, 11) is 1.98. The number of nitrogens with one attached hydrogen (secondary N) is 1. The van der Waals surface area contributed by atoms with Crippen molar-refractivity contribution in [1.29, 1.82) is 0 Å². The highest BCUT2D eigenvalue weighted by Gasteiger charge is 2.13. The van der Waals surface area contributed by atoms with E-state index in [-0.39, 0.29) is 5.82 Å². The molecule has 0 aliphatic heterocycles. The van der Waals surface area contributed by atoms with E-state index in [1.54, 1.807) is 17.4 Å². The minimum atomic E-state index is -0.209. The maximum Gasteiger partial charge on any atom is 0.137 e. The van der Waals surface area contributed by atoms with E-state index in [2.05, 4.69) is 40.3 Å². The largest absolute Gasteiger partial charge is 0.312 e. The fourth-order valence-corrected chi connectivity index (χ4v) is 3.77. The van der Waals surface area contributed by atoms with Crippen molar-refractivity contribution in [3.8, 4) is 10.4 Å². The third-order valence-electron chi connectivity index (χ3n) is 3.26. The molecular weight excluding hydrogens is 325 g/mol. The molecule has 1 unspecified atom stereocenters. The Morgan fingerprint density at radius 1 is 1.37 bits per heavy atom. The first-order valence-corrected chi connectivity index (χ1v) is 7.90. The molecule has 1 heterocycles. The number of thiophene rings is 1. The van der Waals surface area contributed by atoms with Crippen LogP contribution in [0.2, 0.25) is 0 Å². The van der Waals surface area contributed by atoms with Crippen LogP contribution < -0.4 is 5.32 Å². The molecule has 1 aromatic heterocycles. The Kier molecular flexibility index (Phi) is 4.76. The number of halogens is 2. The van der Waals surface area contributed by atoms with E-state index >= 15 is 0 Å². The van der Waals surface area contributed by atoms with Crippen LogP contribution in [-0.2, 0) is 0 Å². The fraction of sp³-hybridized carbons (Fsp3) is 0.333. The standard InChI is InChI=1S/C15H17BrFNS/c1-4-13(18-3)15-6-5-14(19-15)10-8-11(16)12(17)7-9(10)2/h5-8,13,18H,4H2,1-3H3. The first-order valence-electron chi connectivity index (χ1n) is 6.29. The van der Waals surface area contributed by atoms with Gasteiger partial charge in [0.25, 0.3) is 0 Å². The maximum absolute atomic E-state index is 13.5. The highest BCUT2D eigenvalue weighted by atomic mass is 79.9. The van der Waals surface area contributed by atoms with Gasteiger partial charge in [-0.15, -0.1) is 11.3 Å². The van der Waals surface area contributed by atoms with Gasteiger partial charge in [0, 0.05) is 15.8 Å². The highest BCUT2D eigenvalue weighted by Crippen LogP contribution is 2.36. The molecule has 2 rings (SSSR count). The van der Waals surface area contributed by atoms with Gasteiger partial charge in [-0.05, 0) is 71.7 Å². The Morgan fingerprint density at radius 2 is 2.11 bits per heavy atom. The van der Waals surface area contributed by atoms with Crippen molar-refractivity contribution in [2.75, 3.05) is 7.05 Å². The van der Waals surface area contributed by atoms with Crippen molar-refractivity contribution in [3.05, 3.63) is 45.0 Å². The van der Waals surface area contributed by atoms with Gasteiger partial charge in [-0.2, -0.15) is 0 Å². The van der Waals surface area contributed by atoms with Crippen LogP contribution in [0.5, 0.6) is 0 Å². The third-order valence-corrected chi connectivity index (χ3v) is 5.10. The Morgan fingerprint density at radius 3 is 2.74 bits per heavy atom. The number of hydrogen-bond donors (Lipinski definition) is 1. The second-order valence-corrected chi connectivity index (χ2v) is 6.50. The molecule has 1 aromatic carbocycles. The van der Waals surface area contributed by atoms with Crippen LogP contribution in [0, 0.1) is 12.7 Å². The second-order valence-electron chi connectivity index (χ2n) is 4.53. The predicted octanol–water partition coefficient (Wildman–Crippen LogP) is 5.30. The lowest BCUT2D eigenvalue weighted by atomic mass is 10.1. The molecule has 0 aliphatic rings. The van der Waals surface area contributed by atoms with Gasteiger partial charge in [0.2, 0.25) is 0 Å². The lowest BCUT2D eigenvalue weighted by molar-refractivity contribution is 0.586. The van der Waals surface area contributed by atoms with Gasteiger partial charge in [0.15, 0.2) is 0 Å². The lowest BCUT2D eigenvalue weighted by Gasteiger charge is -2.11. The molecule has 19 heavy (non-hydrogen) atoms. The van der Waals surface area contributed by atoms with Crippen molar-refractivity contribution in [2.45, 2.75) is 26.3 Å². The van der Waals surface area contributed by atoms with E-state index in [0.717, 1.165) is 17.5 Å². The third kappa shape index (κ3) is 3.07. The molecular formula is C15H17BrFNS. The summed E-state index contributed by atoms with van der Waals surface area (Å²) < 4.78 is 14.0. The SMILES string of the molecule is CCC(NC)c1ccc(-c2cc(Br)c(F)cc2C)s1. The maximum atomic E-state index is 13.5. The average Bonchev–Trinajstić information content (AvgIpc) is 2.85. The minimum Gasteiger partial charge on any atom is -0.312 e. The van der Waals surface area contributed by atoms with Gasteiger partial charge in [-0.25, -0.2) is 4.39 Å². The van der Waals surface area contributed by atoms with Crippen LogP contribution in [0.1, 0.15) is 29.8 Å². The Balaban J connectivity index is 2.40. The summed E-state index contributed by atoms with van der Waals surface area (Å²) in [6.45, 7) is 4.11. The molecule has 102 valence electrons. The van der Waals surface area contributed by atoms with Crippen molar-refractivity contribution >= 4 is 27.3 Å². The van der Waals surface area contributed by atoms with Crippen LogP contribution in [0.3, 0.4) is 0 Å². The highest BCUT2D eigenvalue weighted by molar-refractivity contribution is 9.10. The van der Waals surface area contributed by atoms with E-state index in [1.807, 2.05) is 20.0 Å². The zero-order valence-corrected chi connectivity index (χ0v) is 13.7. The molecule has 0 saturated carbocycles. The molecule has 0 saturated heterocycles. The lowest BCUT2D eigenvalue weighted by Crippen LogP contribution is -2.13. The topological polar surface area (TPSA) is 12.0 Å². The summed E-state index contributed by atoms with van der Waals surface area (Å²) in [5.74, 6) is -0.209. The van der Waals surface area contributed by atoms with Crippen molar-refractivity contribution in [1.82, 2.24) is 5.32 Å². The molecule has 1 atom stereocenters. The summed E-state index contributed by atoms with van der Waals surface area (Å²) in [6.07, 6.45) is 1.06. The Hall–Kier alpha value is -0.710. The van der Waals surface area contributed by atoms with Crippen LogP contribution in [0.15, 0.2) is 28.7 Å². The normalized spacial score (nSPS) is 12.7. The monoisotopic (exact) mass is 341 g/mol. The Labute approximate surface area is 126 Å². The molecule has 4 heteroatoms. The molecule has 0 fully saturated rings.